The van der Waals surface area contributed by atoms with E-state index in [2.05, 4.69) is 31.2 Å². The van der Waals surface area contributed by atoms with Gasteiger partial charge in [-0.05, 0) is 57.0 Å². The molecule has 1 aliphatic heterocycles. The number of methoxy groups -OCH3 is 2. The van der Waals surface area contributed by atoms with Crippen LogP contribution in [0.25, 0.3) is 10.9 Å². The highest BCUT2D eigenvalue weighted by Gasteiger charge is 2.42. The van der Waals surface area contributed by atoms with Gasteiger partial charge in [0.2, 0.25) is 5.91 Å². The van der Waals surface area contributed by atoms with Crippen molar-refractivity contribution in [1.29, 1.82) is 0 Å². The molecule has 1 fully saturated rings. The predicted molar refractivity (Wildman–Crippen MR) is 166 cm³/mol. The van der Waals surface area contributed by atoms with E-state index in [1.54, 1.807) is 33.2 Å². The van der Waals surface area contributed by atoms with Gasteiger partial charge in [-0.25, -0.2) is 14.9 Å². The first-order chi connectivity index (χ1) is 20.5. The number of ether oxygens (including phenoxy) is 2. The van der Waals surface area contributed by atoms with Gasteiger partial charge in [-0.2, -0.15) is 0 Å². The second-order valence-corrected chi connectivity index (χ2v) is 11.6. The maximum atomic E-state index is 14.5. The Hall–Kier alpha value is -4.29. The summed E-state index contributed by atoms with van der Waals surface area (Å²) >= 11 is 0. The number of anilines is 3. The van der Waals surface area contributed by atoms with Crippen LogP contribution in [0.15, 0.2) is 42.7 Å². The predicted octanol–water partition coefficient (Wildman–Crippen LogP) is 3.14. The van der Waals surface area contributed by atoms with Gasteiger partial charge in [0.05, 0.1) is 37.5 Å². The topological polar surface area (TPSA) is 147 Å². The fraction of sp³-hybridized carbons (Fsp3) is 0.452. The number of aromatic nitrogens is 2. The number of fused-ring (bicyclic) bond motifs is 1. The quantitative estimate of drug-likeness (QED) is 0.277. The lowest BCUT2D eigenvalue weighted by Gasteiger charge is -2.36. The number of carbonyl (C=O) groups is 3. The Labute approximate surface area is 251 Å². The summed E-state index contributed by atoms with van der Waals surface area (Å²) in [6, 6.07) is 8.59. The summed E-state index contributed by atoms with van der Waals surface area (Å²) in [6.45, 7) is 7.90. The Bertz CT molecular complexity index is 1480. The average Bonchev–Trinajstić information content (AvgIpc) is 3.54. The third-order valence-corrected chi connectivity index (χ3v) is 7.53. The van der Waals surface area contributed by atoms with E-state index in [0.29, 0.717) is 35.4 Å². The molecule has 3 aromatic rings. The van der Waals surface area contributed by atoms with E-state index in [1.807, 2.05) is 45.0 Å². The van der Waals surface area contributed by atoms with Gasteiger partial charge < -0.3 is 30.7 Å². The van der Waals surface area contributed by atoms with Crippen molar-refractivity contribution in [3.05, 3.63) is 42.7 Å². The van der Waals surface area contributed by atoms with E-state index >= 15 is 0 Å². The number of carbonyl (C=O) groups excluding carboxylic acids is 3. The fourth-order valence-electron chi connectivity index (χ4n) is 4.92. The summed E-state index contributed by atoms with van der Waals surface area (Å²) in [5.74, 6) is 0.0558. The van der Waals surface area contributed by atoms with Crippen LogP contribution in [0.4, 0.5) is 17.2 Å². The molecule has 2 aromatic carbocycles. The lowest BCUT2D eigenvalue weighted by atomic mass is 9.85. The van der Waals surface area contributed by atoms with Gasteiger partial charge in [-0.1, -0.05) is 26.8 Å². The van der Waals surface area contributed by atoms with E-state index in [0.717, 1.165) is 17.0 Å². The Kier molecular flexibility index (Phi) is 9.82. The molecule has 3 amide bonds. The zero-order chi connectivity index (χ0) is 31.3. The first-order valence-corrected chi connectivity index (χ1v) is 14.3. The van der Waals surface area contributed by atoms with E-state index in [1.165, 1.54) is 13.4 Å². The number of hydrogen-bond donors (Lipinski definition) is 4. The van der Waals surface area contributed by atoms with Gasteiger partial charge in [0.25, 0.3) is 11.8 Å². The molecule has 12 nitrogen and oxygen atoms in total. The standard InChI is InChI=1S/C31H41N7O5/c1-18(32-5)28(39)37-26(31(2,3)4)30(41)38(29(40)22-12-9-13-33-22)24-15-21-23(16-25(24)43-7)34-17-35-27(21)36-19-10-8-11-20(14-19)42-6/h8,10-11,14-18,22,26,32-33H,9,12-13H2,1-7H3,(H,37,39)(H,34,35,36)/t18-,22-,26+/m0/s1. The maximum Gasteiger partial charge on any atom is 0.257 e. The van der Waals surface area contributed by atoms with Gasteiger partial charge in [0, 0.05) is 23.2 Å². The summed E-state index contributed by atoms with van der Waals surface area (Å²) in [5.41, 5.74) is 0.773. The van der Waals surface area contributed by atoms with Crippen molar-refractivity contribution < 1.29 is 23.9 Å². The smallest absolute Gasteiger partial charge is 0.257 e. The molecule has 0 unspecified atom stereocenters. The van der Waals surface area contributed by atoms with Crippen LogP contribution in [0.1, 0.15) is 40.5 Å². The number of nitrogens with one attached hydrogen (secondary N) is 4. The molecule has 2 heterocycles. The van der Waals surface area contributed by atoms with E-state index in [4.69, 9.17) is 9.47 Å². The molecule has 0 bridgehead atoms. The van der Waals surface area contributed by atoms with E-state index in [-0.39, 0.29) is 17.3 Å². The van der Waals surface area contributed by atoms with Gasteiger partial charge in [0.15, 0.2) is 0 Å². The number of hydrogen-bond acceptors (Lipinski definition) is 10. The summed E-state index contributed by atoms with van der Waals surface area (Å²) < 4.78 is 11.1. The second-order valence-electron chi connectivity index (χ2n) is 11.6. The van der Waals surface area contributed by atoms with Gasteiger partial charge in [-0.3, -0.25) is 14.4 Å². The summed E-state index contributed by atoms with van der Waals surface area (Å²) in [4.78, 5) is 51.7. The van der Waals surface area contributed by atoms with Crippen LogP contribution in [0.5, 0.6) is 11.5 Å². The second kappa shape index (κ2) is 13.3. The first-order valence-electron chi connectivity index (χ1n) is 14.3. The Morgan fingerprint density at radius 1 is 1.09 bits per heavy atom. The van der Waals surface area contributed by atoms with Gasteiger partial charge in [-0.15, -0.1) is 0 Å². The lowest BCUT2D eigenvalue weighted by molar-refractivity contribution is -0.134. The molecule has 12 heteroatoms. The minimum absolute atomic E-state index is 0.229. The van der Waals surface area contributed by atoms with Crippen molar-refractivity contribution in [1.82, 2.24) is 25.9 Å². The van der Waals surface area contributed by atoms with Crippen LogP contribution >= 0.6 is 0 Å². The molecule has 4 rings (SSSR count). The summed E-state index contributed by atoms with van der Waals surface area (Å²) in [6.07, 6.45) is 2.80. The molecule has 1 aromatic heterocycles. The van der Waals surface area contributed by atoms with Crippen molar-refractivity contribution in [2.75, 3.05) is 38.0 Å². The molecule has 0 spiro atoms. The van der Waals surface area contributed by atoms with Crippen molar-refractivity contribution >= 4 is 45.8 Å². The van der Waals surface area contributed by atoms with Crippen LogP contribution < -0.4 is 35.6 Å². The SMILES string of the molecule is CN[C@@H](C)C(=O)N[C@H](C(=O)N(C(=O)[C@@H]1CCCN1)c1cc2c(Nc3cccc(OC)c3)ncnc2cc1OC)C(C)(C)C. The molecule has 43 heavy (non-hydrogen) atoms. The fourth-order valence-corrected chi connectivity index (χ4v) is 4.92. The third kappa shape index (κ3) is 7.03. The highest BCUT2D eigenvalue weighted by Crippen LogP contribution is 2.38. The van der Waals surface area contributed by atoms with Crippen molar-refractivity contribution in [2.45, 2.75) is 58.7 Å². The van der Waals surface area contributed by atoms with E-state index in [9.17, 15) is 14.4 Å². The Morgan fingerprint density at radius 3 is 2.49 bits per heavy atom. The number of amides is 3. The molecule has 1 saturated heterocycles. The van der Waals surface area contributed by atoms with E-state index < -0.39 is 35.4 Å². The number of imide groups is 1. The normalized spacial score (nSPS) is 16.3. The Morgan fingerprint density at radius 2 is 1.86 bits per heavy atom. The van der Waals surface area contributed by atoms with Gasteiger partial charge in [0.1, 0.15) is 29.7 Å². The molecule has 1 aliphatic rings. The molecule has 3 atom stereocenters. The molecular formula is C31H41N7O5. The summed E-state index contributed by atoms with van der Waals surface area (Å²) in [7, 11) is 4.73. The van der Waals surface area contributed by atoms with Crippen molar-refractivity contribution in [3.8, 4) is 11.5 Å². The van der Waals surface area contributed by atoms with Crippen LogP contribution in [-0.4, -0.2) is 73.6 Å². The molecule has 230 valence electrons. The molecular weight excluding hydrogens is 550 g/mol. The number of rotatable bonds is 10. The van der Waals surface area contributed by atoms with Crippen LogP contribution in [0.3, 0.4) is 0 Å². The van der Waals surface area contributed by atoms with Gasteiger partial charge >= 0.3 is 0 Å². The van der Waals surface area contributed by atoms with Crippen LogP contribution in [0.2, 0.25) is 0 Å². The first kappa shape index (κ1) is 31.6. The molecule has 0 radical (unpaired) electrons. The highest BCUT2D eigenvalue weighted by atomic mass is 16.5. The number of likely N-dealkylation sites (N-methyl/N-ethyl adjacent to an activating group) is 1. The Balaban J connectivity index is 1.87. The zero-order valence-corrected chi connectivity index (χ0v) is 25.8. The molecule has 4 N–H and O–H groups in total. The van der Waals surface area contributed by atoms with Crippen LogP contribution in [0, 0.1) is 5.41 Å². The zero-order valence-electron chi connectivity index (χ0n) is 25.8. The minimum atomic E-state index is -1.03. The monoisotopic (exact) mass is 591 g/mol. The maximum absolute atomic E-state index is 14.5. The van der Waals surface area contributed by atoms with Crippen molar-refractivity contribution in [2.24, 2.45) is 5.41 Å². The molecule has 0 aliphatic carbocycles. The summed E-state index contributed by atoms with van der Waals surface area (Å²) in [5, 5.41) is 12.8. The lowest BCUT2D eigenvalue weighted by Crippen LogP contribution is -2.60. The number of nitrogens with zero attached hydrogens (tertiary/aromatic N) is 3. The third-order valence-electron chi connectivity index (χ3n) is 7.53. The minimum Gasteiger partial charge on any atom is -0.497 e. The molecule has 0 saturated carbocycles. The van der Waals surface area contributed by atoms with Crippen LogP contribution in [-0.2, 0) is 14.4 Å². The average molecular weight is 592 g/mol. The highest BCUT2D eigenvalue weighted by molar-refractivity contribution is 6.20. The largest absolute Gasteiger partial charge is 0.497 e. The van der Waals surface area contributed by atoms with Crippen molar-refractivity contribution in [3.63, 3.8) is 0 Å². The number of benzene rings is 2.